The van der Waals surface area contributed by atoms with Crippen molar-refractivity contribution in [3.63, 3.8) is 0 Å². The van der Waals surface area contributed by atoms with E-state index in [9.17, 15) is 14.4 Å². The van der Waals surface area contributed by atoms with E-state index in [0.29, 0.717) is 13.0 Å². The fourth-order valence-electron chi connectivity index (χ4n) is 4.31. The lowest BCUT2D eigenvalue weighted by Crippen LogP contribution is -2.54. The Morgan fingerprint density at radius 1 is 1.15 bits per heavy atom. The largest absolute Gasteiger partial charge is 0.444 e. The Morgan fingerprint density at radius 2 is 1.79 bits per heavy atom. The van der Waals surface area contributed by atoms with Gasteiger partial charge in [-0.2, -0.15) is 12.6 Å². The molecular formula is C26H41N3O4S. The summed E-state index contributed by atoms with van der Waals surface area (Å²) in [7, 11) is 0. The Kier molecular flexibility index (Phi) is 10.7. The second-order valence-electron chi connectivity index (χ2n) is 10.0. The van der Waals surface area contributed by atoms with Crippen LogP contribution in [0.3, 0.4) is 0 Å². The summed E-state index contributed by atoms with van der Waals surface area (Å²) in [5, 5.41) is 5.85. The summed E-state index contributed by atoms with van der Waals surface area (Å²) < 4.78 is 5.34. The summed E-state index contributed by atoms with van der Waals surface area (Å²) in [4.78, 5) is 41.4. The summed E-state index contributed by atoms with van der Waals surface area (Å²) in [6, 6.07) is 6.05. The predicted molar refractivity (Wildman–Crippen MR) is 138 cm³/mol. The zero-order chi connectivity index (χ0) is 25.3. The Labute approximate surface area is 209 Å². The normalized spacial score (nSPS) is 16.3. The van der Waals surface area contributed by atoms with Crippen molar-refractivity contribution in [1.29, 1.82) is 0 Å². The molecule has 1 aliphatic rings. The molecule has 0 aromatic heterocycles. The average Bonchev–Trinajstić information content (AvgIpc) is 2.77. The van der Waals surface area contributed by atoms with E-state index in [0.717, 1.165) is 36.8 Å². The second kappa shape index (κ2) is 13.0. The van der Waals surface area contributed by atoms with E-state index in [1.807, 2.05) is 38.1 Å². The molecule has 2 N–H and O–H groups in total. The summed E-state index contributed by atoms with van der Waals surface area (Å²) in [5.41, 5.74) is 1.02. The highest BCUT2D eigenvalue weighted by molar-refractivity contribution is 7.80. The van der Waals surface area contributed by atoms with E-state index in [4.69, 9.17) is 4.74 Å². The lowest BCUT2D eigenvalue weighted by Gasteiger charge is -2.36. The molecule has 0 bridgehead atoms. The van der Waals surface area contributed by atoms with Crippen molar-refractivity contribution in [1.82, 2.24) is 15.5 Å². The minimum absolute atomic E-state index is 0.0863. The molecule has 1 aromatic rings. The van der Waals surface area contributed by atoms with Crippen LogP contribution in [0.25, 0.3) is 0 Å². The van der Waals surface area contributed by atoms with Gasteiger partial charge in [0.05, 0.1) is 0 Å². The summed E-state index contributed by atoms with van der Waals surface area (Å²) in [5.74, 6) is -0.448. The van der Waals surface area contributed by atoms with Gasteiger partial charge >= 0.3 is 6.09 Å². The molecule has 0 heterocycles. The van der Waals surface area contributed by atoms with Gasteiger partial charge < -0.3 is 20.3 Å². The topological polar surface area (TPSA) is 87.7 Å². The maximum Gasteiger partial charge on any atom is 0.408 e. The van der Waals surface area contributed by atoms with Crippen LogP contribution in [-0.2, 0) is 14.3 Å². The summed E-state index contributed by atoms with van der Waals surface area (Å²) in [6.45, 7) is 9.56. The second-order valence-corrected chi connectivity index (χ2v) is 10.4. The molecule has 1 saturated carbocycles. The highest BCUT2D eigenvalue weighted by Gasteiger charge is 2.36. The highest BCUT2D eigenvalue weighted by Crippen LogP contribution is 2.27. The summed E-state index contributed by atoms with van der Waals surface area (Å²) >= 11 is 4.32. The van der Waals surface area contributed by atoms with Gasteiger partial charge in [0.15, 0.2) is 0 Å². The Bertz CT molecular complexity index is 834. The van der Waals surface area contributed by atoms with E-state index < -0.39 is 23.8 Å². The zero-order valence-electron chi connectivity index (χ0n) is 21.2. The Hall–Kier alpha value is -2.22. The lowest BCUT2D eigenvalue weighted by atomic mass is 9.93. The van der Waals surface area contributed by atoms with Crippen LogP contribution in [0.4, 0.5) is 4.79 Å². The van der Waals surface area contributed by atoms with Crippen molar-refractivity contribution in [3.05, 3.63) is 35.4 Å². The number of thiol groups is 1. The number of rotatable bonds is 9. The fraction of sp³-hybridized carbons (Fsp3) is 0.654. The molecule has 0 radical (unpaired) electrons. The van der Waals surface area contributed by atoms with E-state index in [1.165, 1.54) is 6.42 Å². The minimum atomic E-state index is -0.918. The molecule has 1 fully saturated rings. The van der Waals surface area contributed by atoms with Gasteiger partial charge in [-0.3, -0.25) is 9.59 Å². The minimum Gasteiger partial charge on any atom is -0.444 e. The maximum absolute atomic E-state index is 13.7. The van der Waals surface area contributed by atoms with E-state index in [2.05, 4.69) is 23.3 Å². The van der Waals surface area contributed by atoms with Gasteiger partial charge in [-0.1, -0.05) is 50.5 Å². The first-order valence-corrected chi connectivity index (χ1v) is 13.0. The van der Waals surface area contributed by atoms with Crippen molar-refractivity contribution >= 4 is 30.5 Å². The van der Waals surface area contributed by atoms with Gasteiger partial charge in [-0.05, 0) is 58.1 Å². The third kappa shape index (κ3) is 8.22. The van der Waals surface area contributed by atoms with Gasteiger partial charge in [0.2, 0.25) is 11.8 Å². The molecular weight excluding hydrogens is 450 g/mol. The molecule has 34 heavy (non-hydrogen) atoms. The number of carbonyl (C=O) groups excluding carboxylic acids is 3. The monoisotopic (exact) mass is 491 g/mol. The smallest absolute Gasteiger partial charge is 0.408 e. The van der Waals surface area contributed by atoms with Crippen LogP contribution in [0.2, 0.25) is 0 Å². The maximum atomic E-state index is 13.7. The van der Waals surface area contributed by atoms with E-state index in [1.54, 1.807) is 25.7 Å². The number of nitrogens with one attached hydrogen (secondary N) is 2. The van der Waals surface area contributed by atoms with Crippen LogP contribution in [0.15, 0.2) is 24.3 Å². The third-order valence-corrected chi connectivity index (χ3v) is 6.28. The molecule has 2 rings (SSSR count). The van der Waals surface area contributed by atoms with Crippen molar-refractivity contribution in [2.45, 2.75) is 96.9 Å². The van der Waals surface area contributed by atoms with Gasteiger partial charge in [-0.25, -0.2) is 4.79 Å². The standard InChI is InChI=1S/C26H41N3O4S/c1-6-16-29(24(31)21(17-34)28-25(32)33-26(3,4)5)22(20-15-11-10-12-18(20)2)23(30)27-19-13-8-7-9-14-19/h10-12,15,19,21-22,34H,6-9,13-14,16-17H2,1-5H3,(H,27,30)(H,28,32). The molecule has 2 unspecified atom stereocenters. The zero-order valence-corrected chi connectivity index (χ0v) is 22.1. The van der Waals surface area contributed by atoms with Crippen LogP contribution in [0.1, 0.15) is 83.4 Å². The molecule has 3 amide bonds. The van der Waals surface area contributed by atoms with Gasteiger partial charge in [0, 0.05) is 18.3 Å². The number of ether oxygens (including phenoxy) is 1. The molecule has 1 aliphatic carbocycles. The Balaban J connectivity index is 2.36. The first-order chi connectivity index (χ1) is 16.1. The Morgan fingerprint density at radius 3 is 2.35 bits per heavy atom. The molecule has 7 nitrogen and oxygen atoms in total. The molecule has 0 saturated heterocycles. The van der Waals surface area contributed by atoms with Crippen molar-refractivity contribution in [2.24, 2.45) is 0 Å². The number of hydrogen-bond acceptors (Lipinski definition) is 5. The SMILES string of the molecule is CCCN(C(=O)C(CS)NC(=O)OC(C)(C)C)C(C(=O)NC1CCCCC1)c1ccccc1C. The lowest BCUT2D eigenvalue weighted by molar-refractivity contribution is -0.142. The average molecular weight is 492 g/mol. The molecule has 8 heteroatoms. The number of nitrogens with zero attached hydrogens (tertiary/aromatic N) is 1. The number of hydrogen-bond donors (Lipinski definition) is 3. The predicted octanol–water partition coefficient (Wildman–Crippen LogP) is 4.55. The van der Waals surface area contributed by atoms with Crippen LogP contribution < -0.4 is 10.6 Å². The quantitative estimate of drug-likeness (QED) is 0.443. The van der Waals surface area contributed by atoms with E-state index in [-0.39, 0.29) is 23.6 Å². The number of aryl methyl sites for hydroxylation is 1. The van der Waals surface area contributed by atoms with Crippen molar-refractivity contribution < 1.29 is 19.1 Å². The first kappa shape index (κ1) is 28.0. The number of carbonyl (C=O) groups is 3. The van der Waals surface area contributed by atoms with Crippen LogP contribution in [-0.4, -0.2) is 52.8 Å². The van der Waals surface area contributed by atoms with E-state index >= 15 is 0 Å². The highest BCUT2D eigenvalue weighted by atomic mass is 32.1. The first-order valence-electron chi connectivity index (χ1n) is 12.3. The number of alkyl carbamates (subject to hydrolysis) is 1. The van der Waals surface area contributed by atoms with Crippen molar-refractivity contribution in [3.8, 4) is 0 Å². The third-order valence-electron chi connectivity index (χ3n) is 5.91. The van der Waals surface area contributed by atoms with Gasteiger partial charge in [-0.15, -0.1) is 0 Å². The van der Waals surface area contributed by atoms with Gasteiger partial charge in [0.1, 0.15) is 17.7 Å². The van der Waals surface area contributed by atoms with Gasteiger partial charge in [0.25, 0.3) is 0 Å². The molecule has 0 aliphatic heterocycles. The number of amides is 3. The molecule has 1 aromatic carbocycles. The van der Waals surface area contributed by atoms with Crippen LogP contribution in [0, 0.1) is 6.92 Å². The molecule has 2 atom stereocenters. The summed E-state index contributed by atoms with van der Waals surface area (Å²) in [6.07, 6.45) is 5.26. The van der Waals surface area contributed by atoms with Crippen molar-refractivity contribution in [2.75, 3.05) is 12.3 Å². The fourth-order valence-corrected chi connectivity index (χ4v) is 4.56. The molecule has 190 valence electrons. The van der Waals surface area contributed by atoms with Crippen LogP contribution in [0.5, 0.6) is 0 Å². The number of benzene rings is 1. The molecule has 0 spiro atoms. The van der Waals surface area contributed by atoms with Crippen LogP contribution >= 0.6 is 12.6 Å².